The molecule has 15 heavy (non-hydrogen) atoms. The van der Waals surface area contributed by atoms with Gasteiger partial charge in [0.2, 0.25) is 0 Å². The van der Waals surface area contributed by atoms with Gasteiger partial charge >= 0.3 is 0 Å². The number of hydrogen-bond acceptors (Lipinski definition) is 3. The van der Waals surface area contributed by atoms with Crippen LogP contribution in [0.1, 0.15) is 5.56 Å². The van der Waals surface area contributed by atoms with E-state index in [9.17, 15) is 0 Å². The van der Waals surface area contributed by atoms with E-state index >= 15 is 0 Å². The Hall–Kier alpha value is -0.420. The van der Waals surface area contributed by atoms with Gasteiger partial charge in [-0.05, 0) is 17.7 Å². The fourth-order valence-corrected chi connectivity index (χ4v) is 1.71. The van der Waals surface area contributed by atoms with Gasteiger partial charge in [0.25, 0.3) is 0 Å². The van der Waals surface area contributed by atoms with Crippen molar-refractivity contribution in [2.24, 2.45) is 5.73 Å². The van der Waals surface area contributed by atoms with Crippen LogP contribution in [0.2, 0.25) is 0 Å². The van der Waals surface area contributed by atoms with Crippen LogP contribution in [0.15, 0.2) is 28.7 Å². The van der Waals surface area contributed by atoms with E-state index in [-0.39, 0.29) is 6.61 Å². The van der Waals surface area contributed by atoms with E-state index in [0.29, 0.717) is 13.1 Å². The van der Waals surface area contributed by atoms with Crippen molar-refractivity contribution in [3.63, 3.8) is 0 Å². The number of halogens is 1. The first kappa shape index (κ1) is 12.6. The minimum atomic E-state index is 0.177. The second kappa shape index (κ2) is 6.95. The Bertz CT molecular complexity index is 270. The standard InChI is InChI=1S/C11H17BrN2O/c12-11-3-1-10(2-4-11)9-14(6-5-13)7-8-15/h1-4,15H,5-9,13H2. The molecule has 0 saturated carbocycles. The fraction of sp³-hybridized carbons (Fsp3) is 0.455. The third kappa shape index (κ3) is 4.75. The topological polar surface area (TPSA) is 49.5 Å². The first-order valence-electron chi connectivity index (χ1n) is 5.04. The van der Waals surface area contributed by atoms with Crippen LogP contribution in [-0.2, 0) is 6.54 Å². The van der Waals surface area contributed by atoms with Gasteiger partial charge in [0, 0.05) is 30.7 Å². The number of rotatable bonds is 6. The van der Waals surface area contributed by atoms with Crippen LogP contribution in [0.5, 0.6) is 0 Å². The minimum Gasteiger partial charge on any atom is -0.395 e. The summed E-state index contributed by atoms with van der Waals surface area (Å²) >= 11 is 3.40. The lowest BCUT2D eigenvalue weighted by atomic mass is 10.2. The highest BCUT2D eigenvalue weighted by atomic mass is 79.9. The molecule has 0 aromatic heterocycles. The molecule has 0 spiro atoms. The highest BCUT2D eigenvalue weighted by molar-refractivity contribution is 9.10. The smallest absolute Gasteiger partial charge is 0.0558 e. The van der Waals surface area contributed by atoms with Crippen LogP contribution >= 0.6 is 15.9 Å². The zero-order valence-electron chi connectivity index (χ0n) is 8.69. The Labute approximate surface area is 99.0 Å². The second-order valence-corrected chi connectivity index (χ2v) is 4.33. The van der Waals surface area contributed by atoms with Crippen molar-refractivity contribution in [2.45, 2.75) is 6.54 Å². The number of nitrogens with zero attached hydrogens (tertiary/aromatic N) is 1. The molecule has 0 aliphatic heterocycles. The van der Waals surface area contributed by atoms with E-state index in [1.807, 2.05) is 12.1 Å². The summed E-state index contributed by atoms with van der Waals surface area (Å²) in [5.74, 6) is 0. The van der Waals surface area contributed by atoms with Gasteiger partial charge in [0.1, 0.15) is 0 Å². The molecule has 0 bridgehead atoms. The molecule has 0 heterocycles. The fourth-order valence-electron chi connectivity index (χ4n) is 1.44. The quantitative estimate of drug-likeness (QED) is 0.819. The molecule has 1 rings (SSSR count). The summed E-state index contributed by atoms with van der Waals surface area (Å²) in [7, 11) is 0. The van der Waals surface area contributed by atoms with Crippen molar-refractivity contribution in [1.29, 1.82) is 0 Å². The van der Waals surface area contributed by atoms with E-state index in [1.165, 1.54) is 5.56 Å². The normalized spacial score (nSPS) is 10.9. The van der Waals surface area contributed by atoms with E-state index < -0.39 is 0 Å². The van der Waals surface area contributed by atoms with Crippen molar-refractivity contribution in [3.05, 3.63) is 34.3 Å². The summed E-state index contributed by atoms with van der Waals surface area (Å²) in [5, 5.41) is 8.90. The van der Waals surface area contributed by atoms with Gasteiger partial charge in [-0.3, -0.25) is 4.90 Å². The molecule has 84 valence electrons. The Kier molecular flexibility index (Phi) is 5.86. The highest BCUT2D eigenvalue weighted by Crippen LogP contribution is 2.11. The summed E-state index contributed by atoms with van der Waals surface area (Å²) in [4.78, 5) is 2.14. The zero-order valence-corrected chi connectivity index (χ0v) is 10.3. The lowest BCUT2D eigenvalue weighted by Crippen LogP contribution is -2.31. The second-order valence-electron chi connectivity index (χ2n) is 3.41. The summed E-state index contributed by atoms with van der Waals surface area (Å²) in [6.45, 7) is 3.13. The SMILES string of the molecule is NCCN(CCO)Cc1ccc(Br)cc1. The molecule has 3 nitrogen and oxygen atoms in total. The van der Waals surface area contributed by atoms with Crippen LogP contribution in [-0.4, -0.2) is 36.2 Å². The summed E-state index contributed by atoms with van der Waals surface area (Å²) in [6.07, 6.45) is 0. The monoisotopic (exact) mass is 272 g/mol. The van der Waals surface area contributed by atoms with Crippen LogP contribution < -0.4 is 5.73 Å². The van der Waals surface area contributed by atoms with Crippen LogP contribution in [0, 0.1) is 0 Å². The number of aliphatic hydroxyl groups is 1. The number of hydrogen-bond donors (Lipinski definition) is 2. The molecule has 4 heteroatoms. The van der Waals surface area contributed by atoms with Gasteiger partial charge in [0.05, 0.1) is 6.61 Å². The Morgan fingerprint density at radius 2 is 1.87 bits per heavy atom. The molecule has 0 aliphatic rings. The summed E-state index contributed by atoms with van der Waals surface area (Å²) < 4.78 is 1.08. The highest BCUT2D eigenvalue weighted by Gasteiger charge is 2.03. The number of benzene rings is 1. The van der Waals surface area contributed by atoms with Gasteiger partial charge in [-0.15, -0.1) is 0 Å². The molecule has 3 N–H and O–H groups in total. The maximum absolute atomic E-state index is 8.90. The van der Waals surface area contributed by atoms with Crippen molar-refractivity contribution in [1.82, 2.24) is 4.90 Å². The van der Waals surface area contributed by atoms with Crippen LogP contribution in [0.25, 0.3) is 0 Å². The lowest BCUT2D eigenvalue weighted by molar-refractivity contribution is 0.194. The van der Waals surface area contributed by atoms with Crippen molar-refractivity contribution in [3.8, 4) is 0 Å². The first-order chi connectivity index (χ1) is 7.26. The molecule has 0 unspecified atom stereocenters. The summed E-state index contributed by atoms with van der Waals surface area (Å²) in [5.41, 5.74) is 6.74. The summed E-state index contributed by atoms with van der Waals surface area (Å²) in [6, 6.07) is 8.19. The molecule has 0 atom stereocenters. The number of aliphatic hydroxyl groups excluding tert-OH is 1. The Morgan fingerprint density at radius 1 is 1.20 bits per heavy atom. The van der Waals surface area contributed by atoms with Gasteiger partial charge in [-0.25, -0.2) is 0 Å². The Balaban J connectivity index is 2.53. The van der Waals surface area contributed by atoms with Crippen LogP contribution in [0.4, 0.5) is 0 Å². The van der Waals surface area contributed by atoms with Crippen molar-refractivity contribution >= 4 is 15.9 Å². The zero-order chi connectivity index (χ0) is 11.1. The number of nitrogens with two attached hydrogens (primary N) is 1. The van der Waals surface area contributed by atoms with Gasteiger partial charge < -0.3 is 10.8 Å². The molecular formula is C11H17BrN2O. The lowest BCUT2D eigenvalue weighted by Gasteiger charge is -2.20. The molecule has 0 radical (unpaired) electrons. The van der Waals surface area contributed by atoms with Gasteiger partial charge in [-0.2, -0.15) is 0 Å². The molecule has 0 fully saturated rings. The molecular weight excluding hydrogens is 256 g/mol. The average Bonchev–Trinajstić information content (AvgIpc) is 2.22. The first-order valence-corrected chi connectivity index (χ1v) is 5.83. The van der Waals surface area contributed by atoms with Crippen molar-refractivity contribution < 1.29 is 5.11 Å². The van der Waals surface area contributed by atoms with E-state index in [4.69, 9.17) is 10.8 Å². The minimum absolute atomic E-state index is 0.177. The van der Waals surface area contributed by atoms with E-state index in [1.54, 1.807) is 0 Å². The predicted octanol–water partition coefficient (Wildman–Crippen LogP) is 1.20. The van der Waals surface area contributed by atoms with Crippen molar-refractivity contribution in [2.75, 3.05) is 26.2 Å². The van der Waals surface area contributed by atoms with Gasteiger partial charge in [0.15, 0.2) is 0 Å². The maximum Gasteiger partial charge on any atom is 0.0558 e. The van der Waals surface area contributed by atoms with Crippen LogP contribution in [0.3, 0.4) is 0 Å². The molecule has 0 amide bonds. The van der Waals surface area contributed by atoms with E-state index in [2.05, 4.69) is 33.0 Å². The average molecular weight is 273 g/mol. The molecule has 1 aromatic rings. The third-order valence-corrected chi connectivity index (χ3v) is 2.71. The molecule has 0 saturated heterocycles. The van der Waals surface area contributed by atoms with Gasteiger partial charge in [-0.1, -0.05) is 28.1 Å². The predicted molar refractivity (Wildman–Crippen MR) is 65.6 cm³/mol. The largest absolute Gasteiger partial charge is 0.395 e. The third-order valence-electron chi connectivity index (χ3n) is 2.18. The Morgan fingerprint density at radius 3 is 2.40 bits per heavy atom. The molecule has 0 aliphatic carbocycles. The molecule has 1 aromatic carbocycles. The van der Waals surface area contributed by atoms with E-state index in [0.717, 1.165) is 17.6 Å². The maximum atomic E-state index is 8.90.